The van der Waals surface area contributed by atoms with Crippen molar-refractivity contribution in [1.29, 1.82) is 0 Å². The maximum absolute atomic E-state index is 12.5. The quantitative estimate of drug-likeness (QED) is 0.849. The number of carbonyl (C=O) groups excluding carboxylic acids is 2. The van der Waals surface area contributed by atoms with E-state index in [1.54, 1.807) is 0 Å². The van der Waals surface area contributed by atoms with Gasteiger partial charge < -0.3 is 20.3 Å². The van der Waals surface area contributed by atoms with E-state index < -0.39 is 12.4 Å². The van der Waals surface area contributed by atoms with Crippen LogP contribution in [0.5, 0.6) is 5.75 Å². The van der Waals surface area contributed by atoms with Crippen molar-refractivity contribution in [2.24, 2.45) is 0 Å². The molecule has 2 aliphatic rings. The van der Waals surface area contributed by atoms with Crippen LogP contribution in [-0.2, 0) is 9.59 Å². The lowest BCUT2D eigenvalue weighted by Crippen LogP contribution is -2.51. The Kier molecular flexibility index (Phi) is 5.36. The van der Waals surface area contributed by atoms with Crippen molar-refractivity contribution in [2.45, 2.75) is 44.1 Å². The Morgan fingerprint density at radius 1 is 1.27 bits per heavy atom. The summed E-state index contributed by atoms with van der Waals surface area (Å²) in [5, 5.41) is 5.87. The first-order valence-corrected chi connectivity index (χ1v) is 8.54. The first-order valence-electron chi connectivity index (χ1n) is 8.54. The Labute approximate surface area is 148 Å². The van der Waals surface area contributed by atoms with Crippen LogP contribution in [0.4, 0.5) is 18.9 Å². The van der Waals surface area contributed by atoms with E-state index in [1.807, 2.05) is 0 Å². The van der Waals surface area contributed by atoms with Crippen molar-refractivity contribution < 1.29 is 27.5 Å². The Hall–Kier alpha value is -2.29. The van der Waals surface area contributed by atoms with Gasteiger partial charge >= 0.3 is 6.36 Å². The van der Waals surface area contributed by atoms with E-state index in [0.29, 0.717) is 18.7 Å². The number of carbonyl (C=O) groups is 2. The van der Waals surface area contributed by atoms with Crippen molar-refractivity contribution >= 4 is 17.5 Å². The zero-order valence-electron chi connectivity index (χ0n) is 14.0. The van der Waals surface area contributed by atoms with Crippen LogP contribution < -0.4 is 20.3 Å². The third-order valence-electron chi connectivity index (χ3n) is 4.51. The molecule has 1 aromatic rings. The van der Waals surface area contributed by atoms with Crippen LogP contribution >= 0.6 is 0 Å². The summed E-state index contributed by atoms with van der Waals surface area (Å²) >= 11 is 0. The lowest BCUT2D eigenvalue weighted by atomic mass is 10.0. The van der Waals surface area contributed by atoms with Crippen LogP contribution in [0.25, 0.3) is 0 Å². The molecule has 2 atom stereocenters. The number of benzene rings is 1. The van der Waals surface area contributed by atoms with E-state index >= 15 is 0 Å². The number of hydrogen-bond donors (Lipinski definition) is 2. The van der Waals surface area contributed by atoms with Gasteiger partial charge in [-0.15, -0.1) is 13.2 Å². The molecule has 2 aliphatic heterocycles. The zero-order valence-corrected chi connectivity index (χ0v) is 14.0. The van der Waals surface area contributed by atoms with Crippen LogP contribution in [0.15, 0.2) is 24.3 Å². The normalized spacial score (nSPS) is 23.8. The van der Waals surface area contributed by atoms with Crippen LogP contribution in [0, 0.1) is 0 Å². The van der Waals surface area contributed by atoms with Crippen molar-refractivity contribution in [3.8, 4) is 5.75 Å². The molecule has 2 N–H and O–H groups in total. The highest BCUT2D eigenvalue weighted by Crippen LogP contribution is 2.29. The summed E-state index contributed by atoms with van der Waals surface area (Å²) in [6.07, 6.45) is -1.68. The third-order valence-corrected chi connectivity index (χ3v) is 4.51. The summed E-state index contributed by atoms with van der Waals surface area (Å²) in [5.41, 5.74) is 0.310. The molecule has 0 bridgehead atoms. The zero-order chi connectivity index (χ0) is 18.7. The topological polar surface area (TPSA) is 70.7 Å². The second-order valence-electron chi connectivity index (χ2n) is 6.39. The molecular formula is C17H20F3N3O3. The van der Waals surface area contributed by atoms with Crippen molar-refractivity contribution in [2.75, 3.05) is 18.0 Å². The molecule has 3 rings (SSSR count). The Bertz CT molecular complexity index is 675. The van der Waals surface area contributed by atoms with Gasteiger partial charge in [0.1, 0.15) is 11.8 Å². The summed E-state index contributed by atoms with van der Waals surface area (Å²) < 4.78 is 41.0. The number of nitrogens with zero attached hydrogens (tertiary/aromatic N) is 1. The lowest BCUT2D eigenvalue weighted by molar-refractivity contribution is -0.274. The summed E-state index contributed by atoms with van der Waals surface area (Å²) in [4.78, 5) is 26.2. The molecule has 2 fully saturated rings. The molecule has 2 saturated heterocycles. The number of amides is 2. The van der Waals surface area contributed by atoms with Gasteiger partial charge in [-0.3, -0.25) is 9.59 Å². The summed E-state index contributed by atoms with van der Waals surface area (Å²) in [6.45, 7) is 1.09. The van der Waals surface area contributed by atoms with Gasteiger partial charge in [-0.1, -0.05) is 12.5 Å². The molecule has 0 aliphatic carbocycles. The second kappa shape index (κ2) is 7.53. The molecule has 2 unspecified atom stereocenters. The van der Waals surface area contributed by atoms with Gasteiger partial charge in [0.15, 0.2) is 0 Å². The summed E-state index contributed by atoms with van der Waals surface area (Å²) in [6, 6.07) is 4.30. The predicted molar refractivity (Wildman–Crippen MR) is 87.7 cm³/mol. The van der Waals surface area contributed by atoms with Gasteiger partial charge in [0.2, 0.25) is 11.8 Å². The number of anilines is 1. The molecule has 1 aromatic carbocycles. The minimum absolute atomic E-state index is 0.209. The average Bonchev–Trinajstić information content (AvgIpc) is 2.95. The monoisotopic (exact) mass is 371 g/mol. The van der Waals surface area contributed by atoms with E-state index in [4.69, 9.17) is 0 Å². The molecule has 6 nitrogen and oxygen atoms in total. The fourth-order valence-corrected chi connectivity index (χ4v) is 3.27. The van der Waals surface area contributed by atoms with Crippen LogP contribution in [-0.4, -0.2) is 43.3 Å². The molecule has 2 amide bonds. The van der Waals surface area contributed by atoms with Crippen molar-refractivity contribution in [1.82, 2.24) is 10.6 Å². The molecular weight excluding hydrogens is 351 g/mol. The van der Waals surface area contributed by atoms with Crippen molar-refractivity contribution in [3.05, 3.63) is 24.3 Å². The smallest absolute Gasteiger partial charge is 0.406 e. The van der Waals surface area contributed by atoms with E-state index in [2.05, 4.69) is 15.4 Å². The Balaban J connectivity index is 1.63. The predicted octanol–water partition coefficient (Wildman–Crippen LogP) is 1.95. The molecule has 0 aromatic heterocycles. The van der Waals surface area contributed by atoms with Crippen LogP contribution in [0.2, 0.25) is 0 Å². The third kappa shape index (κ3) is 4.46. The number of halogens is 3. The summed E-state index contributed by atoms with van der Waals surface area (Å²) in [5.74, 6) is -0.931. The van der Waals surface area contributed by atoms with Gasteiger partial charge in [0.25, 0.3) is 0 Å². The van der Waals surface area contributed by atoms with E-state index in [1.165, 1.54) is 23.1 Å². The number of alkyl halides is 3. The first kappa shape index (κ1) is 18.5. The van der Waals surface area contributed by atoms with E-state index in [0.717, 1.165) is 31.9 Å². The molecule has 142 valence electrons. The Morgan fingerprint density at radius 3 is 2.77 bits per heavy atom. The molecule has 9 heteroatoms. The molecule has 26 heavy (non-hydrogen) atoms. The highest BCUT2D eigenvalue weighted by Gasteiger charge is 2.36. The van der Waals surface area contributed by atoms with Crippen LogP contribution in [0.3, 0.4) is 0 Å². The first-order chi connectivity index (χ1) is 12.3. The fourth-order valence-electron chi connectivity index (χ4n) is 3.27. The standard InChI is InChI=1S/C17H20F3N3O3/c18-17(19,20)26-12-5-3-4-11(10-12)23-9-7-14(16(23)25)22-15(24)13-6-1-2-8-21-13/h3-5,10,13-14,21H,1-2,6-9H2,(H,22,24). The number of hydrogen-bond acceptors (Lipinski definition) is 4. The highest BCUT2D eigenvalue weighted by atomic mass is 19.4. The maximum Gasteiger partial charge on any atom is 0.573 e. The second-order valence-corrected chi connectivity index (χ2v) is 6.39. The average molecular weight is 371 g/mol. The SMILES string of the molecule is O=C(NC1CCN(c2cccc(OC(F)(F)F)c2)C1=O)C1CCCCN1. The number of nitrogens with one attached hydrogen (secondary N) is 2. The maximum atomic E-state index is 12.5. The van der Waals surface area contributed by atoms with Gasteiger partial charge in [-0.2, -0.15) is 0 Å². The van der Waals surface area contributed by atoms with Gasteiger partial charge in [0, 0.05) is 18.3 Å². The van der Waals surface area contributed by atoms with E-state index in [9.17, 15) is 22.8 Å². The molecule has 0 saturated carbocycles. The number of piperidine rings is 1. The Morgan fingerprint density at radius 2 is 2.08 bits per heavy atom. The van der Waals surface area contributed by atoms with Crippen LogP contribution in [0.1, 0.15) is 25.7 Å². The lowest BCUT2D eigenvalue weighted by Gasteiger charge is -2.24. The minimum atomic E-state index is -4.79. The molecule has 0 spiro atoms. The van der Waals surface area contributed by atoms with Crippen molar-refractivity contribution in [3.63, 3.8) is 0 Å². The summed E-state index contributed by atoms with van der Waals surface area (Å²) in [7, 11) is 0. The highest BCUT2D eigenvalue weighted by molar-refractivity contribution is 6.01. The number of ether oxygens (including phenoxy) is 1. The van der Waals surface area contributed by atoms with Gasteiger partial charge in [-0.05, 0) is 37.9 Å². The van der Waals surface area contributed by atoms with Gasteiger partial charge in [0.05, 0.1) is 6.04 Å². The largest absolute Gasteiger partial charge is 0.573 e. The molecule has 2 heterocycles. The number of rotatable bonds is 4. The van der Waals surface area contributed by atoms with Gasteiger partial charge in [-0.25, -0.2) is 0 Å². The van der Waals surface area contributed by atoms with E-state index in [-0.39, 0.29) is 23.6 Å². The molecule has 0 radical (unpaired) electrons. The fraction of sp³-hybridized carbons (Fsp3) is 0.529. The minimum Gasteiger partial charge on any atom is -0.406 e.